The summed E-state index contributed by atoms with van der Waals surface area (Å²) in [4.78, 5) is 37.3. The van der Waals surface area contributed by atoms with Gasteiger partial charge in [0.2, 0.25) is 0 Å². The van der Waals surface area contributed by atoms with Crippen LogP contribution < -0.4 is 0 Å². The van der Waals surface area contributed by atoms with Crippen LogP contribution in [-0.2, 0) is 33.3 Å². The van der Waals surface area contributed by atoms with E-state index < -0.39 is 24.3 Å². The largest absolute Gasteiger partial charge is 0.477 e. The lowest BCUT2D eigenvalue weighted by Gasteiger charge is -2.25. The number of allylic oxidation sites excluding steroid dienone is 12. The molecule has 1 N–H and O–H groups in total. The smallest absolute Gasteiger partial charge is 0.361 e. The number of rotatable bonds is 57. The van der Waals surface area contributed by atoms with E-state index in [4.69, 9.17) is 18.9 Å². The van der Waals surface area contributed by atoms with Crippen molar-refractivity contribution in [2.75, 3.05) is 47.5 Å². The number of carboxylic acids is 1. The van der Waals surface area contributed by atoms with Crippen molar-refractivity contribution in [1.82, 2.24) is 0 Å². The molecule has 0 rings (SSSR count). The first-order valence-electron chi connectivity index (χ1n) is 31.1. The van der Waals surface area contributed by atoms with Crippen molar-refractivity contribution in [3.63, 3.8) is 0 Å². The van der Waals surface area contributed by atoms with Gasteiger partial charge in [0, 0.05) is 12.8 Å². The number of likely N-dealkylation sites (N-methyl/N-ethyl adjacent to an activating group) is 1. The summed E-state index contributed by atoms with van der Waals surface area (Å²) in [7, 11) is 5.96. The molecule has 2 unspecified atom stereocenters. The fraction of sp³-hybridized carbons (Fsp3) is 0.773. The molecule has 0 fully saturated rings. The van der Waals surface area contributed by atoms with Crippen molar-refractivity contribution < 1.29 is 42.9 Å². The molecule has 0 aromatic carbocycles. The zero-order valence-electron chi connectivity index (χ0n) is 49.4. The molecular weight excluding hydrogens is 935 g/mol. The van der Waals surface area contributed by atoms with Gasteiger partial charge in [-0.05, 0) is 83.5 Å². The van der Waals surface area contributed by atoms with E-state index in [0.29, 0.717) is 17.4 Å². The number of carbonyl (C=O) groups excluding carboxylic acids is 2. The van der Waals surface area contributed by atoms with E-state index >= 15 is 0 Å². The minimum atomic E-state index is -1.52. The number of quaternary nitrogens is 1. The van der Waals surface area contributed by atoms with Crippen LogP contribution in [0.3, 0.4) is 0 Å². The molecule has 0 heterocycles. The van der Waals surface area contributed by atoms with Gasteiger partial charge in [0.1, 0.15) is 13.2 Å². The first-order chi connectivity index (χ1) is 36.6. The molecule has 434 valence electrons. The molecule has 0 saturated carbocycles. The van der Waals surface area contributed by atoms with Crippen LogP contribution in [0.1, 0.15) is 271 Å². The van der Waals surface area contributed by atoms with E-state index in [2.05, 4.69) is 86.8 Å². The SMILES string of the molecule is CC/C=C\C/C=C\C/C=C\CCCCCC(=O)OCC(COC(OCC[N+](C)(C)C)C(=O)O)OC(=O)CCCCCCCCCCCCCCCCCCCCCCCC/C=C\C/C=C\C/C=C\CCCCCCC. The zero-order chi connectivity index (χ0) is 54.8. The molecule has 9 heteroatoms. The third-order valence-corrected chi connectivity index (χ3v) is 13.4. The van der Waals surface area contributed by atoms with Crippen LogP contribution in [0.4, 0.5) is 0 Å². The standard InChI is InChI=1S/C66H117NO8/c1-6-8-10-12-14-16-18-20-21-22-23-24-25-26-27-28-29-30-31-32-33-34-35-36-37-38-39-40-41-42-43-45-47-49-51-53-55-57-64(69)75-62(61-74-66(65(70)71)72-59-58-67(3,4)5)60-73-63(68)56-54-52-50-48-46-44-19-17-15-13-11-9-7-2/h9,11,15,17-18,20,22-23,25-26,44,46,62,66H,6-8,10,12-14,16,19,21,24,27-43,45,47-61H2,1-5H3/p+1/b11-9-,17-15-,20-18-,23-22-,26-25-,46-44-. The van der Waals surface area contributed by atoms with Gasteiger partial charge >= 0.3 is 17.9 Å². The maximum absolute atomic E-state index is 12.9. The molecular formula is C66H118NO8+. The van der Waals surface area contributed by atoms with Crippen LogP contribution in [-0.4, -0.2) is 87.4 Å². The van der Waals surface area contributed by atoms with E-state index in [-0.39, 0.29) is 38.6 Å². The third kappa shape index (κ3) is 58.3. The highest BCUT2D eigenvalue weighted by Gasteiger charge is 2.25. The van der Waals surface area contributed by atoms with E-state index in [1.807, 2.05) is 21.1 Å². The van der Waals surface area contributed by atoms with Crippen molar-refractivity contribution in [3.05, 3.63) is 72.9 Å². The summed E-state index contributed by atoms with van der Waals surface area (Å²) < 4.78 is 22.8. The lowest BCUT2D eigenvalue weighted by molar-refractivity contribution is -0.870. The summed E-state index contributed by atoms with van der Waals surface area (Å²) in [6.45, 7) is 4.73. The maximum atomic E-state index is 12.9. The van der Waals surface area contributed by atoms with Gasteiger partial charge in [-0.25, -0.2) is 4.79 Å². The lowest BCUT2D eigenvalue weighted by atomic mass is 10.0. The maximum Gasteiger partial charge on any atom is 0.361 e. The van der Waals surface area contributed by atoms with Crippen LogP contribution in [0.25, 0.3) is 0 Å². The topological polar surface area (TPSA) is 108 Å². The Labute approximate surface area is 462 Å². The van der Waals surface area contributed by atoms with Gasteiger partial charge in [0.05, 0.1) is 34.4 Å². The van der Waals surface area contributed by atoms with Gasteiger partial charge in [0.25, 0.3) is 6.29 Å². The molecule has 75 heavy (non-hydrogen) atoms. The molecule has 2 atom stereocenters. The molecule has 0 aliphatic carbocycles. The molecule has 0 saturated heterocycles. The molecule has 9 nitrogen and oxygen atoms in total. The predicted molar refractivity (Wildman–Crippen MR) is 318 cm³/mol. The van der Waals surface area contributed by atoms with Crippen LogP contribution in [0, 0.1) is 0 Å². The summed E-state index contributed by atoms with van der Waals surface area (Å²) in [5.41, 5.74) is 0. The molecule has 0 aliphatic rings. The number of ether oxygens (including phenoxy) is 4. The van der Waals surface area contributed by atoms with Crippen molar-refractivity contribution in [1.29, 1.82) is 0 Å². The lowest BCUT2D eigenvalue weighted by Crippen LogP contribution is -2.40. The number of hydrogen-bond acceptors (Lipinski definition) is 7. The zero-order valence-corrected chi connectivity index (χ0v) is 49.4. The monoisotopic (exact) mass is 1050 g/mol. The van der Waals surface area contributed by atoms with Crippen LogP contribution in [0.15, 0.2) is 72.9 Å². The van der Waals surface area contributed by atoms with Gasteiger partial charge in [0.15, 0.2) is 6.10 Å². The second-order valence-electron chi connectivity index (χ2n) is 22.0. The van der Waals surface area contributed by atoms with Crippen LogP contribution in [0.2, 0.25) is 0 Å². The second kappa shape index (κ2) is 56.9. The van der Waals surface area contributed by atoms with Crippen molar-refractivity contribution in [2.45, 2.75) is 283 Å². The number of aliphatic carboxylic acids is 1. The first-order valence-corrected chi connectivity index (χ1v) is 31.1. The summed E-state index contributed by atoms with van der Waals surface area (Å²) in [5, 5.41) is 9.69. The quantitative estimate of drug-likeness (QED) is 0.0211. The van der Waals surface area contributed by atoms with Crippen molar-refractivity contribution in [2.24, 2.45) is 0 Å². The number of unbranched alkanes of at least 4 members (excludes halogenated alkanes) is 30. The highest BCUT2D eigenvalue weighted by Crippen LogP contribution is 2.17. The molecule has 0 aliphatic heterocycles. The normalized spacial score (nSPS) is 13.2. The summed E-state index contributed by atoms with van der Waals surface area (Å²) in [6.07, 6.45) is 71.7. The summed E-state index contributed by atoms with van der Waals surface area (Å²) in [6, 6.07) is 0. The summed E-state index contributed by atoms with van der Waals surface area (Å²) in [5.74, 6) is -2.04. The van der Waals surface area contributed by atoms with Gasteiger partial charge in [-0.1, -0.05) is 247 Å². The van der Waals surface area contributed by atoms with Gasteiger partial charge < -0.3 is 28.5 Å². The van der Waals surface area contributed by atoms with E-state index in [0.717, 1.165) is 70.6 Å². The number of carboxylic acid groups (broad SMARTS) is 1. The molecule has 0 spiro atoms. The Morgan fingerprint density at radius 3 is 1.15 bits per heavy atom. The minimum absolute atomic E-state index is 0.182. The Bertz CT molecular complexity index is 1460. The summed E-state index contributed by atoms with van der Waals surface area (Å²) >= 11 is 0. The molecule has 0 radical (unpaired) electrons. The first kappa shape index (κ1) is 71.7. The molecule has 0 aromatic rings. The Kier molecular flexibility index (Phi) is 54.4. The predicted octanol–water partition coefficient (Wildman–Crippen LogP) is 18.6. The highest BCUT2D eigenvalue weighted by molar-refractivity contribution is 5.71. The van der Waals surface area contributed by atoms with Crippen molar-refractivity contribution in [3.8, 4) is 0 Å². The van der Waals surface area contributed by atoms with Gasteiger partial charge in [-0.2, -0.15) is 0 Å². The second-order valence-corrected chi connectivity index (χ2v) is 22.0. The number of nitrogens with zero attached hydrogens (tertiary/aromatic N) is 1. The third-order valence-electron chi connectivity index (χ3n) is 13.4. The average Bonchev–Trinajstić information content (AvgIpc) is 3.38. The van der Waals surface area contributed by atoms with Gasteiger partial charge in [-0.3, -0.25) is 9.59 Å². The van der Waals surface area contributed by atoms with Gasteiger partial charge in [-0.15, -0.1) is 0 Å². The minimum Gasteiger partial charge on any atom is -0.477 e. The molecule has 0 amide bonds. The number of hydrogen-bond donors (Lipinski definition) is 1. The Hall–Kier alpha value is -3.27. The van der Waals surface area contributed by atoms with Crippen LogP contribution in [0.5, 0.6) is 0 Å². The van der Waals surface area contributed by atoms with E-state index in [1.165, 1.54) is 167 Å². The van der Waals surface area contributed by atoms with Crippen LogP contribution >= 0.6 is 0 Å². The fourth-order valence-electron chi connectivity index (χ4n) is 8.68. The Balaban J connectivity index is 4.00. The Morgan fingerprint density at radius 2 is 0.760 bits per heavy atom. The number of esters is 2. The highest BCUT2D eigenvalue weighted by atomic mass is 16.7. The van der Waals surface area contributed by atoms with Crippen molar-refractivity contribution >= 4 is 17.9 Å². The fourth-order valence-corrected chi connectivity index (χ4v) is 8.68. The number of carbonyl (C=O) groups is 3. The molecule has 0 bridgehead atoms. The van der Waals surface area contributed by atoms with E-state index in [9.17, 15) is 19.5 Å². The Morgan fingerprint density at radius 1 is 0.413 bits per heavy atom. The molecule has 0 aromatic heterocycles. The van der Waals surface area contributed by atoms with E-state index in [1.54, 1.807) is 0 Å². The average molecular weight is 1050 g/mol.